The van der Waals surface area contributed by atoms with Gasteiger partial charge in [-0.25, -0.2) is 8.42 Å². The number of benzene rings is 1. The molecular weight excluding hydrogens is 198 g/mol. The fraction of sp³-hybridized carbons (Fsp3) is 0.400. The Morgan fingerprint density at radius 2 is 2.00 bits per heavy atom. The summed E-state index contributed by atoms with van der Waals surface area (Å²) in [6, 6.07) is 7.16. The van der Waals surface area contributed by atoms with Crippen LogP contribution < -0.4 is 5.32 Å². The molecule has 0 aliphatic rings. The van der Waals surface area contributed by atoms with E-state index in [0.717, 1.165) is 5.56 Å². The Kier molecular flexibility index (Phi) is 3.29. The van der Waals surface area contributed by atoms with E-state index in [9.17, 15) is 8.42 Å². The second-order valence-corrected chi connectivity index (χ2v) is 5.37. The number of hydrogen-bond acceptors (Lipinski definition) is 3. The van der Waals surface area contributed by atoms with Crippen molar-refractivity contribution in [2.45, 2.75) is 17.9 Å². The van der Waals surface area contributed by atoms with Crippen LogP contribution in [0.25, 0.3) is 0 Å². The van der Waals surface area contributed by atoms with Gasteiger partial charge < -0.3 is 5.32 Å². The first kappa shape index (κ1) is 11.2. The second kappa shape index (κ2) is 4.11. The minimum Gasteiger partial charge on any atom is -0.313 e. The average molecular weight is 213 g/mol. The molecule has 0 saturated heterocycles. The Hall–Kier alpha value is -0.870. The Bertz CT molecular complexity index is 412. The number of nitrogens with one attached hydrogen (secondary N) is 1. The Morgan fingerprint density at radius 3 is 2.50 bits per heavy atom. The Balaban J connectivity index is 3.14. The molecule has 0 fully saturated rings. The van der Waals surface area contributed by atoms with Crippen molar-refractivity contribution in [1.82, 2.24) is 5.32 Å². The van der Waals surface area contributed by atoms with Crippen LogP contribution in [0.15, 0.2) is 29.2 Å². The van der Waals surface area contributed by atoms with E-state index in [0.29, 0.717) is 4.90 Å². The SMILES string of the molecule is CNC(C)c1cccc(S(C)(=O)=O)c1. The molecule has 1 N–H and O–H groups in total. The third kappa shape index (κ3) is 2.56. The van der Waals surface area contributed by atoms with Crippen LogP contribution in [0.5, 0.6) is 0 Å². The van der Waals surface area contributed by atoms with E-state index >= 15 is 0 Å². The molecule has 0 radical (unpaired) electrons. The lowest BCUT2D eigenvalue weighted by atomic mass is 10.1. The van der Waals surface area contributed by atoms with Gasteiger partial charge in [-0.1, -0.05) is 12.1 Å². The minimum atomic E-state index is -3.09. The van der Waals surface area contributed by atoms with E-state index in [1.54, 1.807) is 18.2 Å². The molecular formula is C10H15NO2S. The van der Waals surface area contributed by atoms with Crippen molar-refractivity contribution in [2.75, 3.05) is 13.3 Å². The van der Waals surface area contributed by atoms with Gasteiger partial charge >= 0.3 is 0 Å². The topological polar surface area (TPSA) is 46.2 Å². The van der Waals surface area contributed by atoms with Gasteiger partial charge in [-0.15, -0.1) is 0 Å². The van der Waals surface area contributed by atoms with Crippen molar-refractivity contribution in [1.29, 1.82) is 0 Å². The summed E-state index contributed by atoms with van der Waals surface area (Å²) in [5, 5.41) is 3.07. The molecule has 4 heteroatoms. The molecule has 1 unspecified atom stereocenters. The molecule has 0 bridgehead atoms. The highest BCUT2D eigenvalue weighted by Gasteiger charge is 2.09. The molecule has 0 aliphatic carbocycles. The molecule has 0 aliphatic heterocycles. The van der Waals surface area contributed by atoms with Crippen molar-refractivity contribution < 1.29 is 8.42 Å². The first-order chi connectivity index (χ1) is 6.45. The molecule has 0 amide bonds. The molecule has 0 heterocycles. The van der Waals surface area contributed by atoms with Gasteiger partial charge in [-0.2, -0.15) is 0 Å². The Labute approximate surface area is 85.1 Å². The zero-order chi connectivity index (χ0) is 10.8. The minimum absolute atomic E-state index is 0.164. The van der Waals surface area contributed by atoms with E-state index in [4.69, 9.17) is 0 Å². The smallest absolute Gasteiger partial charge is 0.175 e. The zero-order valence-electron chi connectivity index (χ0n) is 8.61. The summed E-state index contributed by atoms with van der Waals surface area (Å²) < 4.78 is 22.6. The molecule has 0 spiro atoms. The molecule has 1 aromatic rings. The number of sulfone groups is 1. The van der Waals surface area contributed by atoms with E-state index in [1.807, 2.05) is 20.0 Å². The van der Waals surface area contributed by atoms with Crippen molar-refractivity contribution >= 4 is 9.84 Å². The molecule has 0 aromatic heterocycles. The van der Waals surface area contributed by atoms with Crippen LogP contribution in [-0.2, 0) is 9.84 Å². The molecule has 1 rings (SSSR count). The van der Waals surface area contributed by atoms with Gasteiger partial charge in [0.25, 0.3) is 0 Å². The highest BCUT2D eigenvalue weighted by Crippen LogP contribution is 2.16. The largest absolute Gasteiger partial charge is 0.313 e. The maximum absolute atomic E-state index is 11.3. The lowest BCUT2D eigenvalue weighted by Gasteiger charge is -2.11. The van der Waals surface area contributed by atoms with Crippen LogP contribution >= 0.6 is 0 Å². The van der Waals surface area contributed by atoms with E-state index in [1.165, 1.54) is 6.26 Å². The maximum Gasteiger partial charge on any atom is 0.175 e. The Morgan fingerprint density at radius 1 is 1.36 bits per heavy atom. The fourth-order valence-electron chi connectivity index (χ4n) is 1.18. The predicted octanol–water partition coefficient (Wildman–Crippen LogP) is 1.37. The average Bonchev–Trinajstić information content (AvgIpc) is 2.15. The summed E-state index contributed by atoms with van der Waals surface area (Å²) in [6.45, 7) is 1.99. The van der Waals surface area contributed by atoms with E-state index in [2.05, 4.69) is 5.32 Å². The van der Waals surface area contributed by atoms with Crippen LogP contribution in [0.2, 0.25) is 0 Å². The third-order valence-corrected chi connectivity index (χ3v) is 3.33. The van der Waals surface area contributed by atoms with Crippen molar-refractivity contribution in [3.8, 4) is 0 Å². The predicted molar refractivity (Wildman–Crippen MR) is 57.0 cm³/mol. The van der Waals surface area contributed by atoms with Crippen molar-refractivity contribution in [3.63, 3.8) is 0 Å². The number of hydrogen-bond donors (Lipinski definition) is 1. The molecule has 1 aromatic carbocycles. The molecule has 78 valence electrons. The standard InChI is InChI=1S/C10H15NO2S/c1-8(11-2)9-5-4-6-10(7-9)14(3,12)13/h4-8,11H,1-3H3. The highest BCUT2D eigenvalue weighted by atomic mass is 32.2. The first-order valence-corrected chi connectivity index (χ1v) is 6.31. The molecule has 1 atom stereocenters. The van der Waals surface area contributed by atoms with Gasteiger partial charge in [0, 0.05) is 12.3 Å². The van der Waals surface area contributed by atoms with Crippen molar-refractivity contribution in [2.24, 2.45) is 0 Å². The normalized spacial score (nSPS) is 13.9. The summed E-state index contributed by atoms with van der Waals surface area (Å²) in [5.41, 5.74) is 0.982. The summed E-state index contributed by atoms with van der Waals surface area (Å²) in [5.74, 6) is 0. The van der Waals surface area contributed by atoms with Crippen LogP contribution in [-0.4, -0.2) is 21.7 Å². The van der Waals surface area contributed by atoms with Crippen molar-refractivity contribution in [3.05, 3.63) is 29.8 Å². The highest BCUT2D eigenvalue weighted by molar-refractivity contribution is 7.90. The van der Waals surface area contributed by atoms with E-state index in [-0.39, 0.29) is 6.04 Å². The molecule has 3 nitrogen and oxygen atoms in total. The summed E-state index contributed by atoms with van der Waals surface area (Å²) in [7, 11) is -1.25. The van der Waals surface area contributed by atoms with Gasteiger partial charge in [-0.05, 0) is 31.7 Å². The van der Waals surface area contributed by atoms with Crippen LogP contribution in [0.1, 0.15) is 18.5 Å². The lowest BCUT2D eigenvalue weighted by Crippen LogP contribution is -2.12. The summed E-state index contributed by atoms with van der Waals surface area (Å²) in [6.07, 6.45) is 1.22. The third-order valence-electron chi connectivity index (χ3n) is 2.22. The van der Waals surface area contributed by atoms with Crippen LogP contribution in [0, 0.1) is 0 Å². The summed E-state index contributed by atoms with van der Waals surface area (Å²) in [4.78, 5) is 0.372. The zero-order valence-corrected chi connectivity index (χ0v) is 9.43. The first-order valence-electron chi connectivity index (χ1n) is 4.42. The fourth-order valence-corrected chi connectivity index (χ4v) is 1.86. The van der Waals surface area contributed by atoms with Crippen LogP contribution in [0.4, 0.5) is 0 Å². The summed E-state index contributed by atoms with van der Waals surface area (Å²) >= 11 is 0. The van der Waals surface area contributed by atoms with Crippen LogP contribution in [0.3, 0.4) is 0 Å². The van der Waals surface area contributed by atoms with Gasteiger partial charge in [0.05, 0.1) is 4.90 Å². The second-order valence-electron chi connectivity index (χ2n) is 3.36. The lowest BCUT2D eigenvalue weighted by molar-refractivity contribution is 0.601. The van der Waals surface area contributed by atoms with Gasteiger partial charge in [0.15, 0.2) is 9.84 Å². The number of rotatable bonds is 3. The monoisotopic (exact) mass is 213 g/mol. The van der Waals surface area contributed by atoms with Gasteiger partial charge in [0.1, 0.15) is 0 Å². The van der Waals surface area contributed by atoms with Gasteiger partial charge in [0.2, 0.25) is 0 Å². The maximum atomic E-state index is 11.3. The quantitative estimate of drug-likeness (QED) is 0.825. The van der Waals surface area contributed by atoms with E-state index < -0.39 is 9.84 Å². The van der Waals surface area contributed by atoms with Gasteiger partial charge in [-0.3, -0.25) is 0 Å². The molecule has 14 heavy (non-hydrogen) atoms. The molecule has 0 saturated carbocycles.